The van der Waals surface area contributed by atoms with Crippen molar-refractivity contribution in [2.45, 2.75) is 20.3 Å². The molecule has 0 aliphatic rings. The Labute approximate surface area is 143 Å². The van der Waals surface area contributed by atoms with Gasteiger partial charge in [-0.25, -0.2) is 0 Å². The average molecular weight is 342 g/mol. The second-order valence-corrected chi connectivity index (χ2v) is 6.53. The third-order valence-corrected chi connectivity index (χ3v) is 5.03. The first-order chi connectivity index (χ1) is 11.5. The smallest absolute Gasteiger partial charge is 0.267 e. The summed E-state index contributed by atoms with van der Waals surface area (Å²) in [6.45, 7) is 3.95. The number of carbonyl (C=O) groups excluding carboxylic acids is 2. The molecule has 24 heavy (non-hydrogen) atoms. The van der Waals surface area contributed by atoms with Crippen LogP contribution in [0.15, 0.2) is 30.3 Å². The molecule has 124 valence electrons. The third-order valence-electron chi connectivity index (χ3n) is 3.83. The molecule has 0 unspecified atom stereocenters. The molecule has 2 aromatic heterocycles. The van der Waals surface area contributed by atoms with Gasteiger partial charge in [-0.1, -0.05) is 19.1 Å². The number of carbonyl (C=O) groups is 2. The van der Waals surface area contributed by atoms with Crippen molar-refractivity contribution in [3.8, 4) is 0 Å². The molecule has 1 aromatic carbocycles. The molecule has 7 heteroatoms. The molecule has 3 rings (SSSR count). The van der Waals surface area contributed by atoms with Crippen LogP contribution in [0, 0.1) is 6.92 Å². The zero-order valence-electron chi connectivity index (χ0n) is 13.7. The van der Waals surface area contributed by atoms with E-state index in [0.29, 0.717) is 10.4 Å². The Morgan fingerprint density at radius 2 is 1.83 bits per heavy atom. The normalized spacial score (nSPS) is 10.8. The fourth-order valence-electron chi connectivity index (χ4n) is 2.46. The highest BCUT2D eigenvalue weighted by Gasteiger charge is 2.15. The monoisotopic (exact) mass is 342 g/mol. The highest BCUT2D eigenvalue weighted by Crippen LogP contribution is 2.27. The molecule has 3 aromatic rings. The Morgan fingerprint density at radius 3 is 2.46 bits per heavy atom. The summed E-state index contributed by atoms with van der Waals surface area (Å²) in [7, 11) is 1.84. The van der Waals surface area contributed by atoms with Crippen molar-refractivity contribution < 1.29 is 9.59 Å². The molecule has 0 fully saturated rings. The van der Waals surface area contributed by atoms with Gasteiger partial charge in [-0.2, -0.15) is 5.10 Å². The highest BCUT2D eigenvalue weighted by atomic mass is 32.1. The van der Waals surface area contributed by atoms with Gasteiger partial charge in [0.15, 0.2) is 0 Å². The largest absolute Gasteiger partial charge is 0.279 e. The summed E-state index contributed by atoms with van der Waals surface area (Å²) in [5.74, 6) is -0.681. The molecule has 0 saturated heterocycles. The summed E-state index contributed by atoms with van der Waals surface area (Å²) >= 11 is 1.34. The first-order valence-electron chi connectivity index (χ1n) is 7.62. The van der Waals surface area contributed by atoms with Gasteiger partial charge in [-0.05, 0) is 37.1 Å². The van der Waals surface area contributed by atoms with Crippen LogP contribution < -0.4 is 10.9 Å². The Kier molecular flexibility index (Phi) is 4.35. The van der Waals surface area contributed by atoms with Crippen LogP contribution >= 0.6 is 11.3 Å². The lowest BCUT2D eigenvalue weighted by Gasteiger charge is -2.06. The maximum atomic E-state index is 12.2. The van der Waals surface area contributed by atoms with Crippen molar-refractivity contribution >= 4 is 33.4 Å². The zero-order chi connectivity index (χ0) is 17.3. The van der Waals surface area contributed by atoms with Crippen molar-refractivity contribution in [3.63, 3.8) is 0 Å². The van der Waals surface area contributed by atoms with E-state index in [1.54, 1.807) is 22.9 Å². The second-order valence-electron chi connectivity index (χ2n) is 5.50. The summed E-state index contributed by atoms with van der Waals surface area (Å²) in [6.07, 6.45) is 0.916. The van der Waals surface area contributed by atoms with Gasteiger partial charge in [-0.3, -0.25) is 25.1 Å². The number of benzene rings is 1. The Morgan fingerprint density at radius 1 is 1.17 bits per heavy atom. The molecule has 0 saturated carbocycles. The van der Waals surface area contributed by atoms with Crippen LogP contribution in [0.1, 0.15) is 38.2 Å². The van der Waals surface area contributed by atoms with E-state index >= 15 is 0 Å². The number of nitrogens with zero attached hydrogens (tertiary/aromatic N) is 2. The zero-order valence-corrected chi connectivity index (χ0v) is 14.5. The van der Waals surface area contributed by atoms with Gasteiger partial charge >= 0.3 is 0 Å². The van der Waals surface area contributed by atoms with E-state index in [9.17, 15) is 9.59 Å². The molecule has 0 atom stereocenters. The minimum absolute atomic E-state index is 0.339. The summed E-state index contributed by atoms with van der Waals surface area (Å²) in [4.78, 5) is 25.8. The minimum Gasteiger partial charge on any atom is -0.267 e. The molecular formula is C17H18N4O2S. The number of hydrogen-bond donors (Lipinski definition) is 2. The van der Waals surface area contributed by atoms with Gasteiger partial charge in [-0.15, -0.1) is 11.3 Å². The summed E-state index contributed by atoms with van der Waals surface area (Å²) in [5, 5.41) is 5.26. The van der Waals surface area contributed by atoms with Crippen LogP contribution in [-0.4, -0.2) is 21.6 Å². The molecule has 0 bridgehead atoms. The van der Waals surface area contributed by atoms with Crippen LogP contribution in [0.4, 0.5) is 0 Å². The molecule has 0 radical (unpaired) electrons. The van der Waals surface area contributed by atoms with Crippen molar-refractivity contribution in [1.29, 1.82) is 0 Å². The Bertz CT molecular complexity index is 874. The maximum absolute atomic E-state index is 12.2. The van der Waals surface area contributed by atoms with E-state index < -0.39 is 0 Å². The summed E-state index contributed by atoms with van der Waals surface area (Å²) in [6, 6.07) is 9.08. The van der Waals surface area contributed by atoms with Gasteiger partial charge in [0.25, 0.3) is 11.8 Å². The number of amides is 2. The Hall–Kier alpha value is -2.67. The molecule has 0 aliphatic carbocycles. The van der Waals surface area contributed by atoms with Crippen LogP contribution in [0.2, 0.25) is 0 Å². The summed E-state index contributed by atoms with van der Waals surface area (Å²) in [5.41, 5.74) is 7.44. The number of aryl methyl sites for hydroxylation is 3. The lowest BCUT2D eigenvalue weighted by atomic mass is 10.1. The standard InChI is InChI=1S/C17H18N4O2S/c1-4-11-5-7-12(8-6-11)15(22)18-19-16(23)14-9-13-10(2)20-21(3)17(13)24-14/h5-9H,4H2,1-3H3,(H,18,22)(H,19,23). The van der Waals surface area contributed by atoms with Crippen molar-refractivity contribution in [1.82, 2.24) is 20.6 Å². The number of rotatable bonds is 3. The van der Waals surface area contributed by atoms with Crippen molar-refractivity contribution in [2.75, 3.05) is 0 Å². The predicted octanol–water partition coefficient (Wildman–Crippen LogP) is 2.58. The highest BCUT2D eigenvalue weighted by molar-refractivity contribution is 7.20. The first-order valence-corrected chi connectivity index (χ1v) is 8.44. The van der Waals surface area contributed by atoms with Gasteiger partial charge in [0.05, 0.1) is 10.6 Å². The number of fused-ring (bicyclic) bond motifs is 1. The number of thiophene rings is 1. The average Bonchev–Trinajstić information content (AvgIpc) is 3.14. The van der Waals surface area contributed by atoms with Crippen molar-refractivity contribution in [3.05, 3.63) is 52.0 Å². The lowest BCUT2D eigenvalue weighted by Crippen LogP contribution is -2.41. The van der Waals surface area contributed by atoms with E-state index in [1.807, 2.05) is 26.1 Å². The van der Waals surface area contributed by atoms with Crippen LogP contribution in [0.5, 0.6) is 0 Å². The van der Waals surface area contributed by atoms with Crippen LogP contribution in [0.25, 0.3) is 10.2 Å². The van der Waals surface area contributed by atoms with Gasteiger partial charge in [0, 0.05) is 18.0 Å². The van der Waals surface area contributed by atoms with Crippen LogP contribution in [0.3, 0.4) is 0 Å². The van der Waals surface area contributed by atoms with E-state index in [-0.39, 0.29) is 11.8 Å². The van der Waals surface area contributed by atoms with E-state index in [2.05, 4.69) is 22.9 Å². The summed E-state index contributed by atoms with van der Waals surface area (Å²) < 4.78 is 1.75. The molecular weight excluding hydrogens is 324 g/mol. The van der Waals surface area contributed by atoms with Gasteiger partial charge < -0.3 is 0 Å². The SMILES string of the molecule is CCc1ccc(C(=O)NNC(=O)c2cc3c(C)nn(C)c3s2)cc1. The third kappa shape index (κ3) is 3.03. The maximum Gasteiger partial charge on any atom is 0.279 e. The van der Waals surface area contributed by atoms with E-state index in [0.717, 1.165) is 27.9 Å². The van der Waals surface area contributed by atoms with E-state index in [4.69, 9.17) is 0 Å². The number of hydrogen-bond acceptors (Lipinski definition) is 4. The topological polar surface area (TPSA) is 76.0 Å². The van der Waals surface area contributed by atoms with Gasteiger partial charge in [0.1, 0.15) is 4.83 Å². The molecule has 2 heterocycles. The first kappa shape index (κ1) is 16.2. The lowest BCUT2D eigenvalue weighted by molar-refractivity contribution is 0.0849. The molecule has 2 N–H and O–H groups in total. The second kappa shape index (κ2) is 6.45. The number of hydrazine groups is 1. The fourth-order valence-corrected chi connectivity index (χ4v) is 3.47. The quantitative estimate of drug-likeness (QED) is 0.718. The minimum atomic E-state index is -0.343. The van der Waals surface area contributed by atoms with E-state index in [1.165, 1.54) is 11.3 Å². The molecule has 6 nitrogen and oxygen atoms in total. The Balaban J connectivity index is 1.67. The van der Waals surface area contributed by atoms with Crippen LogP contribution in [-0.2, 0) is 13.5 Å². The van der Waals surface area contributed by atoms with Crippen molar-refractivity contribution in [2.24, 2.45) is 7.05 Å². The number of aromatic nitrogens is 2. The fraction of sp³-hybridized carbons (Fsp3) is 0.235. The molecule has 2 amide bonds. The molecule has 0 aliphatic heterocycles. The molecule has 0 spiro atoms. The number of nitrogens with one attached hydrogen (secondary N) is 2. The predicted molar refractivity (Wildman–Crippen MR) is 94.1 cm³/mol. The van der Waals surface area contributed by atoms with Gasteiger partial charge in [0.2, 0.25) is 0 Å².